The number of ether oxygens (including phenoxy) is 1. The predicted molar refractivity (Wildman–Crippen MR) is 78.3 cm³/mol. The molecule has 2 aromatic rings. The lowest BCUT2D eigenvalue weighted by Crippen LogP contribution is -2.07. The van der Waals surface area contributed by atoms with Crippen molar-refractivity contribution in [2.45, 2.75) is 26.7 Å². The van der Waals surface area contributed by atoms with E-state index in [1.807, 2.05) is 31.5 Å². The Morgan fingerprint density at radius 3 is 2.89 bits per heavy atom. The first-order valence-electron chi connectivity index (χ1n) is 6.68. The third-order valence-corrected chi connectivity index (χ3v) is 3.11. The lowest BCUT2D eigenvalue weighted by molar-refractivity contribution is 0.411. The summed E-state index contributed by atoms with van der Waals surface area (Å²) in [4.78, 5) is 4.36. The predicted octanol–water partition coefficient (Wildman–Crippen LogP) is 3.40. The van der Waals surface area contributed by atoms with Crippen molar-refractivity contribution in [3.63, 3.8) is 0 Å². The molecule has 0 aliphatic rings. The minimum Gasteiger partial charge on any atom is -0.496 e. The van der Waals surface area contributed by atoms with Crippen molar-refractivity contribution in [3.05, 3.63) is 36.2 Å². The van der Waals surface area contributed by atoms with Crippen molar-refractivity contribution in [1.82, 2.24) is 9.55 Å². The molecule has 19 heavy (non-hydrogen) atoms. The van der Waals surface area contributed by atoms with Crippen LogP contribution in [0.1, 0.15) is 25.3 Å². The Hall–Kier alpha value is -1.97. The molecule has 0 amide bonds. The number of nitrogens with one attached hydrogen (secondary N) is 1. The van der Waals surface area contributed by atoms with Crippen molar-refractivity contribution in [2.24, 2.45) is 0 Å². The molecule has 0 saturated carbocycles. The molecule has 0 aliphatic carbocycles. The number of rotatable bonds is 6. The fraction of sp³-hybridized carbons (Fsp3) is 0.400. The number of aryl methyl sites for hydroxylation is 1. The number of aromatic nitrogens is 2. The molecule has 4 heteroatoms. The molecule has 0 radical (unpaired) electrons. The maximum Gasteiger partial charge on any atom is 0.207 e. The second-order valence-electron chi connectivity index (χ2n) is 4.56. The van der Waals surface area contributed by atoms with Crippen molar-refractivity contribution in [1.29, 1.82) is 0 Å². The lowest BCUT2D eigenvalue weighted by Gasteiger charge is -2.11. The fourth-order valence-corrected chi connectivity index (χ4v) is 2.03. The molecule has 1 aromatic heterocycles. The first-order valence-corrected chi connectivity index (χ1v) is 6.68. The topological polar surface area (TPSA) is 39.1 Å². The number of hydrogen-bond donors (Lipinski definition) is 1. The van der Waals surface area contributed by atoms with Gasteiger partial charge in [0, 0.05) is 24.6 Å². The number of unbranched alkanes of at least 4 members (excludes halogenated alkanes) is 1. The summed E-state index contributed by atoms with van der Waals surface area (Å²) in [6, 6.07) is 6.13. The van der Waals surface area contributed by atoms with Gasteiger partial charge in [0.25, 0.3) is 0 Å². The second kappa shape index (κ2) is 6.27. The van der Waals surface area contributed by atoms with Gasteiger partial charge in [0.15, 0.2) is 0 Å². The third-order valence-electron chi connectivity index (χ3n) is 3.11. The highest BCUT2D eigenvalue weighted by Gasteiger charge is 2.06. The summed E-state index contributed by atoms with van der Waals surface area (Å²) < 4.78 is 7.34. The smallest absolute Gasteiger partial charge is 0.207 e. The van der Waals surface area contributed by atoms with Crippen LogP contribution in [0.3, 0.4) is 0 Å². The summed E-state index contributed by atoms with van der Waals surface area (Å²) in [5.41, 5.74) is 2.21. The van der Waals surface area contributed by atoms with Crippen LogP contribution < -0.4 is 10.1 Å². The molecule has 0 aliphatic heterocycles. The van der Waals surface area contributed by atoms with Crippen LogP contribution in [0.4, 0.5) is 5.95 Å². The molecule has 4 nitrogen and oxygen atoms in total. The minimum absolute atomic E-state index is 0.887. The van der Waals surface area contributed by atoms with E-state index < -0.39 is 0 Å². The van der Waals surface area contributed by atoms with Crippen molar-refractivity contribution < 1.29 is 4.74 Å². The molecule has 0 spiro atoms. The van der Waals surface area contributed by atoms with Crippen LogP contribution in [-0.2, 0) is 0 Å². The van der Waals surface area contributed by atoms with Crippen LogP contribution in [-0.4, -0.2) is 23.2 Å². The SMILES string of the molecule is CCCCNc1nccn1-c1ccc(OC)c(C)c1. The zero-order valence-corrected chi connectivity index (χ0v) is 11.8. The average Bonchev–Trinajstić information content (AvgIpc) is 2.87. The van der Waals surface area contributed by atoms with Crippen molar-refractivity contribution in [2.75, 3.05) is 19.0 Å². The van der Waals surface area contributed by atoms with Gasteiger partial charge in [-0.25, -0.2) is 4.98 Å². The number of imidazole rings is 1. The summed E-state index contributed by atoms with van der Waals surface area (Å²) in [5.74, 6) is 1.79. The zero-order chi connectivity index (χ0) is 13.7. The molecule has 0 atom stereocenters. The molecule has 1 aromatic carbocycles. The molecule has 0 saturated heterocycles. The van der Waals surface area contributed by atoms with Gasteiger partial charge < -0.3 is 10.1 Å². The molecule has 0 unspecified atom stereocenters. The van der Waals surface area contributed by atoms with E-state index >= 15 is 0 Å². The van der Waals surface area contributed by atoms with Crippen LogP contribution >= 0.6 is 0 Å². The quantitative estimate of drug-likeness (QED) is 0.808. The Morgan fingerprint density at radius 1 is 1.37 bits per heavy atom. The second-order valence-corrected chi connectivity index (χ2v) is 4.56. The van der Waals surface area contributed by atoms with Gasteiger partial charge in [-0.1, -0.05) is 13.3 Å². The molecule has 1 heterocycles. The number of nitrogens with zero attached hydrogens (tertiary/aromatic N) is 2. The van der Waals surface area contributed by atoms with Crippen LogP contribution in [0.15, 0.2) is 30.6 Å². The average molecular weight is 259 g/mol. The van der Waals surface area contributed by atoms with Gasteiger partial charge in [-0.05, 0) is 37.1 Å². The van der Waals surface area contributed by atoms with E-state index in [9.17, 15) is 0 Å². The molecule has 102 valence electrons. The van der Waals surface area contributed by atoms with Crippen LogP contribution in [0.5, 0.6) is 5.75 Å². The molecule has 0 fully saturated rings. The third kappa shape index (κ3) is 3.08. The number of anilines is 1. The van der Waals surface area contributed by atoms with Gasteiger partial charge in [-0.3, -0.25) is 4.57 Å². The van der Waals surface area contributed by atoms with Gasteiger partial charge in [0.2, 0.25) is 5.95 Å². The van der Waals surface area contributed by atoms with Gasteiger partial charge in [0.05, 0.1) is 7.11 Å². The molecular formula is C15H21N3O. The van der Waals surface area contributed by atoms with Crippen LogP contribution in [0.25, 0.3) is 5.69 Å². The lowest BCUT2D eigenvalue weighted by atomic mass is 10.2. The molecule has 2 rings (SSSR count). The van der Waals surface area contributed by atoms with Crippen molar-refractivity contribution >= 4 is 5.95 Å². The van der Waals surface area contributed by atoms with Crippen LogP contribution in [0.2, 0.25) is 0 Å². The Labute approximate surface area is 114 Å². The van der Waals surface area contributed by atoms with Crippen molar-refractivity contribution in [3.8, 4) is 11.4 Å². The highest BCUT2D eigenvalue weighted by atomic mass is 16.5. The maximum absolute atomic E-state index is 5.29. The standard InChI is InChI=1S/C15H21N3O/c1-4-5-8-16-15-17-9-10-18(15)13-6-7-14(19-3)12(2)11-13/h6-7,9-11H,4-5,8H2,1-3H3,(H,16,17). The van der Waals surface area contributed by atoms with E-state index in [0.29, 0.717) is 0 Å². The Balaban J connectivity index is 2.22. The Morgan fingerprint density at radius 2 is 2.21 bits per heavy atom. The minimum atomic E-state index is 0.887. The molecule has 0 bridgehead atoms. The first-order chi connectivity index (χ1) is 9.26. The van der Waals surface area contributed by atoms with E-state index in [-0.39, 0.29) is 0 Å². The normalized spacial score (nSPS) is 10.5. The monoisotopic (exact) mass is 259 g/mol. The number of benzene rings is 1. The summed E-state index contributed by atoms with van der Waals surface area (Å²) in [7, 11) is 1.69. The van der Waals surface area contributed by atoms with E-state index in [1.165, 1.54) is 6.42 Å². The van der Waals surface area contributed by atoms with E-state index in [4.69, 9.17) is 4.74 Å². The first kappa shape index (κ1) is 13.5. The van der Waals surface area contributed by atoms with E-state index in [0.717, 1.165) is 35.9 Å². The Bertz CT molecular complexity index is 534. The summed E-state index contributed by atoms with van der Waals surface area (Å²) in [6.45, 7) is 5.17. The van der Waals surface area contributed by atoms with E-state index in [1.54, 1.807) is 7.11 Å². The van der Waals surface area contributed by atoms with Gasteiger partial charge >= 0.3 is 0 Å². The highest BCUT2D eigenvalue weighted by molar-refractivity contribution is 5.47. The molecule has 1 N–H and O–H groups in total. The fourth-order valence-electron chi connectivity index (χ4n) is 2.03. The highest BCUT2D eigenvalue weighted by Crippen LogP contribution is 2.22. The zero-order valence-electron chi connectivity index (χ0n) is 11.8. The number of methoxy groups -OCH3 is 1. The maximum atomic E-state index is 5.29. The Kier molecular flexibility index (Phi) is 4.44. The van der Waals surface area contributed by atoms with Gasteiger partial charge in [-0.15, -0.1) is 0 Å². The van der Waals surface area contributed by atoms with E-state index in [2.05, 4.69) is 27.9 Å². The van der Waals surface area contributed by atoms with Crippen LogP contribution in [0, 0.1) is 6.92 Å². The van der Waals surface area contributed by atoms with Gasteiger partial charge in [-0.2, -0.15) is 0 Å². The summed E-state index contributed by atoms with van der Waals surface area (Å²) in [6.07, 6.45) is 6.10. The van der Waals surface area contributed by atoms with Gasteiger partial charge in [0.1, 0.15) is 5.75 Å². The number of hydrogen-bond acceptors (Lipinski definition) is 3. The molecular weight excluding hydrogens is 238 g/mol. The summed E-state index contributed by atoms with van der Waals surface area (Å²) >= 11 is 0. The largest absolute Gasteiger partial charge is 0.496 e. The summed E-state index contributed by atoms with van der Waals surface area (Å²) in [5, 5.41) is 3.36.